The second kappa shape index (κ2) is 8.11. The van der Waals surface area contributed by atoms with Gasteiger partial charge in [0.15, 0.2) is 0 Å². The van der Waals surface area contributed by atoms with E-state index in [1.54, 1.807) is 6.92 Å². The van der Waals surface area contributed by atoms with Crippen molar-refractivity contribution in [2.75, 3.05) is 6.54 Å². The van der Waals surface area contributed by atoms with Gasteiger partial charge in [0.2, 0.25) is 0 Å². The minimum Gasteiger partial charge on any atom is -0.399 e. The number of rotatable bonds is 4. The summed E-state index contributed by atoms with van der Waals surface area (Å²) in [6.45, 7) is 1.64. The van der Waals surface area contributed by atoms with Gasteiger partial charge in [0.1, 0.15) is 5.82 Å². The first-order valence-electron chi connectivity index (χ1n) is 8.14. The first-order valence-corrected chi connectivity index (χ1v) is 8.52. The third-order valence-electron chi connectivity index (χ3n) is 4.35. The molecule has 0 aliphatic carbocycles. The number of hydrogen-bond acceptors (Lipinski definition) is 6. The van der Waals surface area contributed by atoms with Gasteiger partial charge in [-0.05, 0) is 25.1 Å². The van der Waals surface area contributed by atoms with Gasteiger partial charge in [0, 0.05) is 24.4 Å². The molecule has 7 nitrogen and oxygen atoms in total. The lowest BCUT2D eigenvalue weighted by Gasteiger charge is -2.38. The van der Waals surface area contributed by atoms with Gasteiger partial charge < -0.3 is 21.8 Å². The molecule has 28 heavy (non-hydrogen) atoms. The number of carbonyl (C=O) groups is 1. The Bertz CT molecular complexity index is 852. The van der Waals surface area contributed by atoms with Crippen LogP contribution in [0.3, 0.4) is 0 Å². The molecule has 1 heterocycles. The molecule has 0 fully saturated rings. The molecule has 0 saturated heterocycles. The summed E-state index contributed by atoms with van der Waals surface area (Å²) in [5, 5.41) is 7.51. The fraction of sp³-hybridized carbons (Fsp3) is 0.294. The van der Waals surface area contributed by atoms with Crippen molar-refractivity contribution in [3.63, 3.8) is 0 Å². The topological polar surface area (TPSA) is 125 Å². The third kappa shape index (κ3) is 4.23. The summed E-state index contributed by atoms with van der Waals surface area (Å²) in [7, 11) is 0. The van der Waals surface area contributed by atoms with Crippen molar-refractivity contribution in [2.45, 2.75) is 25.6 Å². The summed E-state index contributed by atoms with van der Waals surface area (Å²) < 4.78 is 39.2. The van der Waals surface area contributed by atoms with Crippen molar-refractivity contribution >= 4 is 23.7 Å². The summed E-state index contributed by atoms with van der Waals surface area (Å²) in [5.74, 6) is 5.32. The highest BCUT2D eigenvalue weighted by Gasteiger charge is 2.37. The number of amides is 1. The molecule has 1 atom stereocenters. The molecule has 2 rings (SSSR count). The van der Waals surface area contributed by atoms with Gasteiger partial charge in [-0.25, -0.2) is 5.84 Å². The highest BCUT2D eigenvalue weighted by Crippen LogP contribution is 2.37. The lowest BCUT2D eigenvalue weighted by atomic mass is 10.0. The largest absolute Gasteiger partial charge is 0.417 e. The van der Waals surface area contributed by atoms with Crippen molar-refractivity contribution in [3.8, 4) is 0 Å². The molecular formula is C17H20ClF3N6O. The zero-order chi connectivity index (χ0) is 21.2. The van der Waals surface area contributed by atoms with Gasteiger partial charge in [-0.2, -0.15) is 13.2 Å². The average molecular weight is 417 g/mol. The first kappa shape index (κ1) is 21.6. The summed E-state index contributed by atoms with van der Waals surface area (Å²) in [4.78, 5) is 14.2. The lowest BCUT2D eigenvalue weighted by Crippen LogP contribution is -2.48. The number of carbonyl (C=O) groups excluding carboxylic acids is 1. The Morgan fingerprint density at radius 1 is 1.43 bits per heavy atom. The number of alkyl halides is 3. The zero-order valence-electron chi connectivity index (χ0n) is 14.9. The number of nitrogens with zero attached hydrogens (tertiary/aromatic N) is 2. The van der Waals surface area contributed by atoms with E-state index >= 15 is 0 Å². The minimum atomic E-state index is -4.67. The fourth-order valence-electron chi connectivity index (χ4n) is 2.87. The summed E-state index contributed by atoms with van der Waals surface area (Å²) in [5.41, 5.74) is 11.1. The van der Waals surface area contributed by atoms with E-state index in [0.717, 1.165) is 23.4 Å². The number of nitrogens with two attached hydrogens (primary N) is 3. The molecule has 11 heteroatoms. The molecule has 0 aromatic heterocycles. The van der Waals surface area contributed by atoms with Crippen LogP contribution in [0, 0.1) is 5.41 Å². The van der Waals surface area contributed by atoms with Gasteiger partial charge in [-0.3, -0.25) is 9.80 Å². The molecular weight excluding hydrogens is 397 g/mol. The van der Waals surface area contributed by atoms with Crippen LogP contribution in [0.5, 0.6) is 0 Å². The van der Waals surface area contributed by atoms with Crippen molar-refractivity contribution < 1.29 is 18.0 Å². The van der Waals surface area contributed by atoms with Crippen molar-refractivity contribution in [1.82, 2.24) is 9.91 Å². The van der Waals surface area contributed by atoms with E-state index in [1.807, 2.05) is 0 Å². The van der Waals surface area contributed by atoms with Crippen LogP contribution in [0.25, 0.3) is 0 Å². The maximum Gasteiger partial charge on any atom is 0.417 e. The fourth-order valence-corrected chi connectivity index (χ4v) is 3.18. The molecule has 0 bridgehead atoms. The summed E-state index contributed by atoms with van der Waals surface area (Å²) in [6, 6.07) is 2.75. The maximum absolute atomic E-state index is 13.1. The molecule has 1 aliphatic rings. The van der Waals surface area contributed by atoms with E-state index in [9.17, 15) is 18.0 Å². The summed E-state index contributed by atoms with van der Waals surface area (Å²) >= 11 is 5.86. The number of nitrogens with one attached hydrogen (secondary N) is 1. The van der Waals surface area contributed by atoms with E-state index in [4.69, 9.17) is 34.3 Å². The Morgan fingerprint density at radius 3 is 2.64 bits per heavy atom. The Balaban J connectivity index is 2.35. The third-order valence-corrected chi connectivity index (χ3v) is 4.76. The predicted molar refractivity (Wildman–Crippen MR) is 99.9 cm³/mol. The normalized spacial score (nSPS) is 18.3. The number of hydrogen-bond donors (Lipinski definition) is 4. The SMILES string of the molecule is CC1CC(N(N)/C(N)=C/C=N)=C(N)CN1C(=O)c1cccc(C(F)(F)F)c1Cl. The monoisotopic (exact) mass is 416 g/mol. The summed E-state index contributed by atoms with van der Waals surface area (Å²) in [6.07, 6.45) is -2.22. The van der Waals surface area contributed by atoms with Gasteiger partial charge in [0.25, 0.3) is 5.91 Å². The van der Waals surface area contributed by atoms with Crippen LogP contribution in [0.4, 0.5) is 13.2 Å². The molecule has 0 spiro atoms. The molecule has 1 aliphatic heterocycles. The van der Waals surface area contributed by atoms with Crippen LogP contribution in [0.1, 0.15) is 29.3 Å². The van der Waals surface area contributed by atoms with E-state index < -0.39 is 28.7 Å². The molecule has 7 N–H and O–H groups in total. The van der Waals surface area contributed by atoms with Crippen LogP contribution in [0.2, 0.25) is 5.02 Å². The maximum atomic E-state index is 13.1. The minimum absolute atomic E-state index is 0.0620. The Kier molecular flexibility index (Phi) is 6.25. The number of halogens is 4. The second-order valence-electron chi connectivity index (χ2n) is 6.25. The number of hydrazine groups is 1. The van der Waals surface area contributed by atoms with Crippen LogP contribution in [-0.4, -0.2) is 34.6 Å². The molecule has 0 saturated carbocycles. The van der Waals surface area contributed by atoms with E-state index in [2.05, 4.69) is 0 Å². The van der Waals surface area contributed by atoms with E-state index in [-0.39, 0.29) is 30.0 Å². The molecule has 0 radical (unpaired) electrons. The highest BCUT2D eigenvalue weighted by molar-refractivity contribution is 6.34. The molecule has 1 amide bonds. The van der Waals surface area contributed by atoms with E-state index in [1.165, 1.54) is 17.0 Å². The van der Waals surface area contributed by atoms with Crippen LogP contribution < -0.4 is 17.3 Å². The van der Waals surface area contributed by atoms with Gasteiger partial charge in [-0.1, -0.05) is 17.7 Å². The Hall–Kier alpha value is -2.72. The molecule has 1 aromatic carbocycles. The van der Waals surface area contributed by atoms with Crippen LogP contribution in [-0.2, 0) is 6.18 Å². The van der Waals surface area contributed by atoms with Gasteiger partial charge in [-0.15, -0.1) is 0 Å². The van der Waals surface area contributed by atoms with Crippen LogP contribution in [0.15, 0.2) is 41.5 Å². The number of benzene rings is 1. The van der Waals surface area contributed by atoms with Gasteiger partial charge in [0.05, 0.1) is 28.4 Å². The Morgan fingerprint density at radius 2 is 2.07 bits per heavy atom. The Labute approximate surface area is 164 Å². The second-order valence-corrected chi connectivity index (χ2v) is 6.63. The van der Waals surface area contributed by atoms with Crippen molar-refractivity contribution in [2.24, 2.45) is 17.3 Å². The average Bonchev–Trinajstić information content (AvgIpc) is 2.61. The quantitative estimate of drug-likeness (QED) is 0.340. The standard InChI is InChI=1S/C17H20ClF3N6O/c1-9-7-13(27(25)14(24)5-6-22)12(23)8-26(9)16(28)10-3-2-4-11(15(10)18)17(19,20)21/h2-6,9,22H,7-8,23-25H2,1H3/b14-5+,22-6?. The lowest BCUT2D eigenvalue weighted by molar-refractivity contribution is -0.137. The van der Waals surface area contributed by atoms with E-state index in [0.29, 0.717) is 5.70 Å². The predicted octanol–water partition coefficient (Wildman–Crippen LogP) is 2.39. The zero-order valence-corrected chi connectivity index (χ0v) is 15.7. The molecule has 1 unspecified atom stereocenters. The number of allylic oxidation sites excluding steroid dienone is 1. The smallest absolute Gasteiger partial charge is 0.399 e. The molecule has 1 aromatic rings. The highest BCUT2D eigenvalue weighted by atomic mass is 35.5. The van der Waals surface area contributed by atoms with Gasteiger partial charge >= 0.3 is 6.18 Å². The molecule has 152 valence electrons. The van der Waals surface area contributed by atoms with Crippen molar-refractivity contribution in [1.29, 1.82) is 5.41 Å². The van der Waals surface area contributed by atoms with Crippen LogP contribution >= 0.6 is 11.6 Å². The van der Waals surface area contributed by atoms with Crippen molar-refractivity contribution in [3.05, 3.63) is 57.6 Å². The first-order chi connectivity index (χ1) is 13.0.